The van der Waals surface area contributed by atoms with E-state index in [1.54, 1.807) is 0 Å². The summed E-state index contributed by atoms with van der Waals surface area (Å²) in [5, 5.41) is 0. The molecule has 0 radical (unpaired) electrons. The van der Waals surface area contributed by atoms with E-state index in [9.17, 15) is 9.59 Å². The average molecular weight is 221 g/mol. The first-order valence-electron chi connectivity index (χ1n) is 4.95. The fourth-order valence-electron chi connectivity index (χ4n) is 1.20. The van der Waals surface area contributed by atoms with Gasteiger partial charge < -0.3 is 5.73 Å². The van der Waals surface area contributed by atoms with Crippen molar-refractivity contribution < 1.29 is 9.59 Å². The van der Waals surface area contributed by atoms with Crippen LogP contribution in [-0.4, -0.2) is 17.9 Å². The van der Waals surface area contributed by atoms with Crippen LogP contribution in [-0.2, 0) is 16.0 Å². The van der Waals surface area contributed by atoms with Gasteiger partial charge in [-0.05, 0) is 12.0 Å². The van der Waals surface area contributed by atoms with Crippen LogP contribution in [0.15, 0.2) is 30.3 Å². The van der Waals surface area contributed by atoms with Crippen LogP contribution in [0.2, 0.25) is 0 Å². The molecule has 2 amide bonds. The Morgan fingerprint density at radius 2 is 1.88 bits per heavy atom. The maximum absolute atomic E-state index is 11.4. The predicted molar refractivity (Wildman–Crippen MR) is 60.1 cm³/mol. The van der Waals surface area contributed by atoms with Crippen LogP contribution in [0.3, 0.4) is 0 Å². The molecule has 0 unspecified atom stereocenters. The second kappa shape index (κ2) is 5.87. The first-order chi connectivity index (χ1) is 7.59. The summed E-state index contributed by atoms with van der Waals surface area (Å²) in [5.74, 6) is -0.737. The molecule has 0 saturated carbocycles. The quantitative estimate of drug-likeness (QED) is 0.614. The van der Waals surface area contributed by atoms with Gasteiger partial charge in [0.1, 0.15) is 0 Å². The Morgan fingerprint density at radius 1 is 1.25 bits per heavy atom. The Morgan fingerprint density at radius 3 is 2.44 bits per heavy atom. The van der Waals surface area contributed by atoms with Gasteiger partial charge in [-0.25, -0.2) is 0 Å². The fraction of sp³-hybridized carbons (Fsp3) is 0.273. The third-order valence-electron chi connectivity index (χ3n) is 2.00. The van der Waals surface area contributed by atoms with E-state index in [0.29, 0.717) is 6.42 Å². The normalized spacial score (nSPS) is 11.6. The zero-order valence-electron chi connectivity index (χ0n) is 9.07. The van der Waals surface area contributed by atoms with Gasteiger partial charge in [-0.15, -0.1) is 0 Å². The van der Waals surface area contributed by atoms with E-state index in [-0.39, 0.29) is 5.91 Å². The van der Waals surface area contributed by atoms with E-state index >= 15 is 0 Å². The number of nitrogens with two attached hydrogens (primary N) is 1. The van der Waals surface area contributed by atoms with Crippen molar-refractivity contribution >= 4 is 11.8 Å². The van der Waals surface area contributed by atoms with Crippen molar-refractivity contribution in [3.8, 4) is 0 Å². The number of carbonyl (C=O) groups excluding carboxylic acids is 2. The minimum Gasteiger partial charge on any atom is -0.320 e. The highest BCUT2D eigenvalue weighted by atomic mass is 16.2. The van der Waals surface area contributed by atoms with Crippen LogP contribution in [0.5, 0.6) is 0 Å². The van der Waals surface area contributed by atoms with E-state index in [2.05, 4.69) is 10.9 Å². The largest absolute Gasteiger partial charge is 0.320 e. The minimum atomic E-state index is -0.672. The van der Waals surface area contributed by atoms with Crippen LogP contribution in [0.25, 0.3) is 0 Å². The smallest absolute Gasteiger partial charge is 0.255 e. The first kappa shape index (κ1) is 12.2. The van der Waals surface area contributed by atoms with Gasteiger partial charge in [-0.1, -0.05) is 30.3 Å². The van der Waals surface area contributed by atoms with Gasteiger partial charge in [0.15, 0.2) is 0 Å². The summed E-state index contributed by atoms with van der Waals surface area (Å²) >= 11 is 0. The molecule has 5 heteroatoms. The molecule has 1 rings (SSSR count). The molecule has 16 heavy (non-hydrogen) atoms. The molecule has 1 atom stereocenters. The SMILES string of the molecule is CC(=O)NNC(=O)[C@@H](N)Cc1ccccc1. The van der Waals surface area contributed by atoms with Crippen LogP contribution >= 0.6 is 0 Å². The van der Waals surface area contributed by atoms with Gasteiger partial charge in [-0.3, -0.25) is 20.4 Å². The van der Waals surface area contributed by atoms with Crippen LogP contribution in [0.4, 0.5) is 0 Å². The Bertz CT molecular complexity index is 365. The molecule has 0 saturated heterocycles. The Hall–Kier alpha value is -1.88. The summed E-state index contributed by atoms with van der Waals surface area (Å²) in [6.45, 7) is 1.31. The van der Waals surface area contributed by atoms with Crippen molar-refractivity contribution in [3.05, 3.63) is 35.9 Å². The molecule has 1 aromatic rings. The minimum absolute atomic E-state index is 0.333. The fourth-order valence-corrected chi connectivity index (χ4v) is 1.20. The van der Waals surface area contributed by atoms with Crippen molar-refractivity contribution in [2.45, 2.75) is 19.4 Å². The van der Waals surface area contributed by atoms with Gasteiger partial charge in [0.25, 0.3) is 5.91 Å². The lowest BCUT2D eigenvalue weighted by Crippen LogP contribution is -2.49. The maximum atomic E-state index is 11.4. The highest BCUT2D eigenvalue weighted by Crippen LogP contribution is 2.01. The van der Waals surface area contributed by atoms with E-state index in [1.165, 1.54) is 6.92 Å². The number of hydrogen-bond acceptors (Lipinski definition) is 3. The molecule has 4 N–H and O–H groups in total. The summed E-state index contributed by atoms with van der Waals surface area (Å²) in [7, 11) is 0. The van der Waals surface area contributed by atoms with Crippen molar-refractivity contribution in [2.24, 2.45) is 5.73 Å². The number of benzene rings is 1. The second-order valence-electron chi connectivity index (χ2n) is 3.47. The van der Waals surface area contributed by atoms with Crippen LogP contribution < -0.4 is 16.6 Å². The standard InChI is InChI=1S/C11H15N3O2/c1-8(15)13-14-11(16)10(12)7-9-5-3-2-4-6-9/h2-6,10H,7,12H2,1H3,(H,13,15)(H,14,16)/t10-/m0/s1. The average Bonchev–Trinajstić information content (AvgIpc) is 2.27. The predicted octanol–water partition coefficient (Wildman–Crippen LogP) is -0.276. The topological polar surface area (TPSA) is 84.2 Å². The van der Waals surface area contributed by atoms with Crippen LogP contribution in [0.1, 0.15) is 12.5 Å². The monoisotopic (exact) mass is 221 g/mol. The van der Waals surface area contributed by atoms with E-state index < -0.39 is 11.9 Å². The molecule has 0 aliphatic rings. The molecule has 0 spiro atoms. The third-order valence-corrected chi connectivity index (χ3v) is 2.00. The second-order valence-corrected chi connectivity index (χ2v) is 3.47. The molecular formula is C11H15N3O2. The molecule has 0 fully saturated rings. The zero-order chi connectivity index (χ0) is 12.0. The van der Waals surface area contributed by atoms with Crippen LogP contribution in [0, 0.1) is 0 Å². The van der Waals surface area contributed by atoms with Gasteiger partial charge in [0.2, 0.25) is 5.91 Å². The lowest BCUT2D eigenvalue weighted by atomic mass is 10.1. The van der Waals surface area contributed by atoms with E-state index in [1.807, 2.05) is 30.3 Å². The lowest BCUT2D eigenvalue weighted by molar-refractivity contribution is -0.128. The molecule has 0 aliphatic heterocycles. The summed E-state index contributed by atoms with van der Waals surface area (Å²) in [6.07, 6.45) is 0.437. The summed E-state index contributed by atoms with van der Waals surface area (Å²) in [5.41, 5.74) is 11.1. The number of nitrogens with one attached hydrogen (secondary N) is 2. The molecule has 5 nitrogen and oxygen atoms in total. The molecule has 0 aliphatic carbocycles. The van der Waals surface area contributed by atoms with Gasteiger partial charge in [0, 0.05) is 6.92 Å². The number of hydrogen-bond donors (Lipinski definition) is 3. The molecule has 86 valence electrons. The van der Waals surface area contributed by atoms with Crippen molar-refractivity contribution in [1.29, 1.82) is 0 Å². The number of amides is 2. The highest BCUT2D eigenvalue weighted by molar-refractivity contribution is 5.84. The van der Waals surface area contributed by atoms with Gasteiger partial charge in [-0.2, -0.15) is 0 Å². The van der Waals surface area contributed by atoms with Gasteiger partial charge >= 0.3 is 0 Å². The Balaban J connectivity index is 2.43. The Labute approximate surface area is 94.0 Å². The zero-order valence-corrected chi connectivity index (χ0v) is 9.07. The summed E-state index contributed by atoms with van der Waals surface area (Å²) in [4.78, 5) is 22.0. The first-order valence-corrected chi connectivity index (χ1v) is 4.95. The number of hydrazine groups is 1. The molecule has 0 heterocycles. The van der Waals surface area contributed by atoms with Gasteiger partial charge in [0.05, 0.1) is 6.04 Å². The number of carbonyl (C=O) groups is 2. The third kappa shape index (κ3) is 4.10. The molecular weight excluding hydrogens is 206 g/mol. The summed E-state index contributed by atoms with van der Waals surface area (Å²) in [6, 6.07) is 8.78. The van der Waals surface area contributed by atoms with Crippen molar-refractivity contribution in [1.82, 2.24) is 10.9 Å². The molecule has 1 aromatic carbocycles. The lowest BCUT2D eigenvalue weighted by Gasteiger charge is -2.12. The van der Waals surface area contributed by atoms with E-state index in [4.69, 9.17) is 5.73 Å². The number of rotatable bonds is 3. The van der Waals surface area contributed by atoms with Crippen molar-refractivity contribution in [3.63, 3.8) is 0 Å². The summed E-state index contributed by atoms with van der Waals surface area (Å²) < 4.78 is 0. The maximum Gasteiger partial charge on any atom is 0.255 e. The Kier molecular flexibility index (Phi) is 4.47. The highest BCUT2D eigenvalue weighted by Gasteiger charge is 2.13. The van der Waals surface area contributed by atoms with Crippen molar-refractivity contribution in [2.75, 3.05) is 0 Å². The molecule has 0 bridgehead atoms. The molecule has 0 aromatic heterocycles. The van der Waals surface area contributed by atoms with E-state index in [0.717, 1.165) is 5.56 Å².